The Morgan fingerprint density at radius 3 is 2.59 bits per heavy atom. The molecule has 0 radical (unpaired) electrons. The van der Waals surface area contributed by atoms with Crippen LogP contribution in [0.3, 0.4) is 0 Å². The van der Waals surface area contributed by atoms with Crippen LogP contribution in [0.1, 0.15) is 16.8 Å². The SMILES string of the molecule is C=C(c1cc2c(-c3ccc(F)s3)cncc2[nH]1)c1cc(-c2cncc(C)c2)cnc1NC. The fourth-order valence-corrected chi connectivity index (χ4v) is 4.53. The smallest absolute Gasteiger partial charge is 0.176 e. The molecule has 0 fully saturated rings. The average Bonchev–Trinajstić information content (AvgIpc) is 3.44. The van der Waals surface area contributed by atoms with Gasteiger partial charge in [-0.05, 0) is 42.8 Å². The van der Waals surface area contributed by atoms with Gasteiger partial charge in [0.05, 0.1) is 11.7 Å². The zero-order chi connectivity index (χ0) is 22.2. The lowest BCUT2D eigenvalue weighted by Crippen LogP contribution is -2.00. The summed E-state index contributed by atoms with van der Waals surface area (Å²) in [4.78, 5) is 17.5. The quantitative estimate of drug-likeness (QED) is 0.336. The minimum atomic E-state index is -0.218. The second-order valence-corrected chi connectivity index (χ2v) is 8.57. The number of hydrogen-bond donors (Lipinski definition) is 2. The van der Waals surface area contributed by atoms with Gasteiger partial charge in [-0.2, -0.15) is 4.39 Å². The molecule has 5 rings (SSSR count). The Balaban J connectivity index is 1.60. The van der Waals surface area contributed by atoms with Crippen molar-refractivity contribution in [1.82, 2.24) is 19.9 Å². The van der Waals surface area contributed by atoms with Gasteiger partial charge in [-0.1, -0.05) is 6.58 Å². The van der Waals surface area contributed by atoms with Crippen molar-refractivity contribution in [1.29, 1.82) is 0 Å². The molecule has 0 aromatic carbocycles. The third kappa shape index (κ3) is 3.56. The van der Waals surface area contributed by atoms with E-state index in [-0.39, 0.29) is 5.13 Å². The third-order valence-corrected chi connectivity index (χ3v) is 6.27. The van der Waals surface area contributed by atoms with Crippen molar-refractivity contribution >= 4 is 33.6 Å². The molecule has 0 spiro atoms. The van der Waals surface area contributed by atoms with Crippen LogP contribution < -0.4 is 5.32 Å². The molecule has 0 amide bonds. The maximum Gasteiger partial charge on any atom is 0.176 e. The van der Waals surface area contributed by atoms with E-state index in [9.17, 15) is 4.39 Å². The third-order valence-electron chi connectivity index (χ3n) is 5.37. The molecule has 0 bridgehead atoms. The number of thiophene rings is 1. The van der Waals surface area contributed by atoms with E-state index in [4.69, 9.17) is 0 Å². The molecule has 0 saturated carbocycles. The number of nitrogens with one attached hydrogen (secondary N) is 2. The highest BCUT2D eigenvalue weighted by Crippen LogP contribution is 2.36. The van der Waals surface area contributed by atoms with Gasteiger partial charge in [-0.15, -0.1) is 11.3 Å². The molecule has 0 saturated heterocycles. The number of pyridine rings is 3. The van der Waals surface area contributed by atoms with Gasteiger partial charge in [0.15, 0.2) is 5.13 Å². The topological polar surface area (TPSA) is 66.5 Å². The molecule has 5 heterocycles. The first-order valence-electron chi connectivity index (χ1n) is 10.1. The molecule has 0 aliphatic carbocycles. The number of halogens is 1. The Labute approximate surface area is 188 Å². The Morgan fingerprint density at radius 1 is 1.03 bits per heavy atom. The summed E-state index contributed by atoms with van der Waals surface area (Å²) in [6.45, 7) is 6.37. The first-order chi connectivity index (χ1) is 15.5. The largest absolute Gasteiger partial charge is 0.373 e. The molecule has 0 unspecified atom stereocenters. The molecule has 0 atom stereocenters. The summed E-state index contributed by atoms with van der Waals surface area (Å²) >= 11 is 1.11. The van der Waals surface area contributed by atoms with E-state index in [2.05, 4.69) is 44.0 Å². The van der Waals surface area contributed by atoms with Crippen LogP contribution in [-0.4, -0.2) is 27.0 Å². The number of hydrogen-bond acceptors (Lipinski definition) is 5. The van der Waals surface area contributed by atoms with Gasteiger partial charge >= 0.3 is 0 Å². The molecular formula is C25H20FN5S. The lowest BCUT2D eigenvalue weighted by Gasteiger charge is -2.12. The molecule has 5 aromatic rings. The zero-order valence-corrected chi connectivity index (χ0v) is 18.4. The Bertz CT molecular complexity index is 1470. The molecule has 32 heavy (non-hydrogen) atoms. The van der Waals surface area contributed by atoms with E-state index in [1.54, 1.807) is 18.5 Å². The maximum atomic E-state index is 13.6. The maximum absolute atomic E-state index is 13.6. The highest BCUT2D eigenvalue weighted by molar-refractivity contribution is 7.14. The van der Waals surface area contributed by atoms with Gasteiger partial charge in [-0.3, -0.25) is 9.97 Å². The van der Waals surface area contributed by atoms with E-state index >= 15 is 0 Å². The summed E-state index contributed by atoms with van der Waals surface area (Å²) in [5.41, 5.74) is 7.33. The van der Waals surface area contributed by atoms with Crippen LogP contribution in [0, 0.1) is 12.1 Å². The van der Waals surface area contributed by atoms with Crippen molar-refractivity contribution in [2.24, 2.45) is 0 Å². The minimum absolute atomic E-state index is 0.218. The van der Waals surface area contributed by atoms with Gasteiger partial charge in [-0.25, -0.2) is 4.98 Å². The van der Waals surface area contributed by atoms with E-state index < -0.39 is 0 Å². The molecule has 0 aliphatic rings. The number of nitrogens with zero attached hydrogens (tertiary/aromatic N) is 3. The predicted molar refractivity (Wildman–Crippen MR) is 129 cm³/mol. The Hall–Kier alpha value is -3.84. The summed E-state index contributed by atoms with van der Waals surface area (Å²) < 4.78 is 13.6. The zero-order valence-electron chi connectivity index (χ0n) is 17.6. The molecule has 2 N–H and O–H groups in total. The lowest BCUT2D eigenvalue weighted by atomic mass is 10.00. The fourth-order valence-electron chi connectivity index (χ4n) is 3.78. The standard InChI is InChI=1S/C25H20FN5S/c1-14-6-16(10-28-9-14)17-7-18(25(27-3)30-11-17)15(2)21-8-19-20(12-29-13-22(19)31-21)23-4-5-24(26)32-23/h4-13,31H,2H2,1,3H3,(H,27,30). The van der Waals surface area contributed by atoms with Crippen molar-refractivity contribution in [2.75, 3.05) is 12.4 Å². The second kappa shape index (κ2) is 8.01. The van der Waals surface area contributed by atoms with E-state index in [1.807, 2.05) is 38.6 Å². The Kier molecular flexibility index (Phi) is 5.03. The first kappa shape index (κ1) is 20.1. The first-order valence-corrected chi connectivity index (χ1v) is 10.9. The highest BCUT2D eigenvalue weighted by Gasteiger charge is 2.16. The number of anilines is 1. The monoisotopic (exact) mass is 441 g/mol. The molecular weight excluding hydrogens is 421 g/mol. The predicted octanol–water partition coefficient (Wildman–Crippen LogP) is 6.30. The second-order valence-electron chi connectivity index (χ2n) is 7.53. The number of aromatic amines is 1. The van der Waals surface area contributed by atoms with Gasteiger partial charge in [0, 0.05) is 75.6 Å². The van der Waals surface area contributed by atoms with Gasteiger partial charge in [0.25, 0.3) is 0 Å². The molecule has 7 heteroatoms. The van der Waals surface area contributed by atoms with Crippen molar-refractivity contribution in [2.45, 2.75) is 6.92 Å². The van der Waals surface area contributed by atoms with E-state index in [0.29, 0.717) is 0 Å². The molecule has 5 aromatic heterocycles. The van der Waals surface area contributed by atoms with Crippen LogP contribution in [-0.2, 0) is 0 Å². The van der Waals surface area contributed by atoms with Crippen LogP contribution in [0.4, 0.5) is 10.2 Å². The van der Waals surface area contributed by atoms with E-state index in [1.165, 1.54) is 6.07 Å². The summed E-state index contributed by atoms with van der Waals surface area (Å²) in [6, 6.07) is 9.43. The summed E-state index contributed by atoms with van der Waals surface area (Å²) in [5, 5.41) is 3.91. The number of H-pyrrole nitrogens is 1. The number of fused-ring (bicyclic) bond motifs is 1. The molecule has 0 aliphatic heterocycles. The normalized spacial score (nSPS) is 11.1. The lowest BCUT2D eigenvalue weighted by molar-refractivity contribution is 0.657. The van der Waals surface area contributed by atoms with Crippen molar-refractivity contribution in [3.05, 3.63) is 89.8 Å². The van der Waals surface area contributed by atoms with Crippen molar-refractivity contribution < 1.29 is 4.39 Å². The van der Waals surface area contributed by atoms with Gasteiger partial charge in [0.1, 0.15) is 5.82 Å². The van der Waals surface area contributed by atoms with Crippen LogP contribution in [0.5, 0.6) is 0 Å². The van der Waals surface area contributed by atoms with Crippen LogP contribution in [0.15, 0.2) is 67.9 Å². The van der Waals surface area contributed by atoms with Crippen LogP contribution in [0.25, 0.3) is 38.0 Å². The summed E-state index contributed by atoms with van der Waals surface area (Å²) in [5.74, 6) is 0.733. The summed E-state index contributed by atoms with van der Waals surface area (Å²) in [6.07, 6.45) is 9.02. The van der Waals surface area contributed by atoms with Gasteiger partial charge in [0.2, 0.25) is 0 Å². The number of rotatable bonds is 5. The fraction of sp³-hybridized carbons (Fsp3) is 0.0800. The summed E-state index contributed by atoms with van der Waals surface area (Å²) in [7, 11) is 1.84. The van der Waals surface area contributed by atoms with Crippen molar-refractivity contribution in [3.8, 4) is 21.6 Å². The average molecular weight is 442 g/mol. The minimum Gasteiger partial charge on any atom is -0.373 e. The van der Waals surface area contributed by atoms with Crippen molar-refractivity contribution in [3.63, 3.8) is 0 Å². The molecule has 158 valence electrons. The van der Waals surface area contributed by atoms with Crippen LogP contribution in [0.2, 0.25) is 0 Å². The number of aryl methyl sites for hydroxylation is 1. The van der Waals surface area contributed by atoms with Gasteiger partial charge < -0.3 is 10.3 Å². The number of aromatic nitrogens is 4. The van der Waals surface area contributed by atoms with Crippen LogP contribution >= 0.6 is 11.3 Å². The van der Waals surface area contributed by atoms with E-state index in [0.717, 1.165) is 72.0 Å². The Morgan fingerprint density at radius 2 is 1.84 bits per heavy atom. The highest BCUT2D eigenvalue weighted by atomic mass is 32.1. The molecule has 5 nitrogen and oxygen atoms in total.